The Morgan fingerprint density at radius 3 is 2.95 bits per heavy atom. The second-order valence-corrected chi connectivity index (χ2v) is 6.06. The quantitative estimate of drug-likeness (QED) is 0.776. The first-order valence-electron chi connectivity index (χ1n) is 7.18. The van der Waals surface area contributed by atoms with Crippen molar-refractivity contribution in [1.29, 1.82) is 0 Å². The summed E-state index contributed by atoms with van der Waals surface area (Å²) in [5.41, 5.74) is 0.0308. The Morgan fingerprint density at radius 1 is 1.55 bits per heavy atom. The molecule has 22 heavy (non-hydrogen) atoms. The van der Waals surface area contributed by atoms with Crippen molar-refractivity contribution in [3.8, 4) is 0 Å². The number of hydrogen-bond acceptors (Lipinski definition) is 3. The number of urea groups is 1. The number of amides is 2. The van der Waals surface area contributed by atoms with E-state index in [1.165, 1.54) is 12.1 Å². The van der Waals surface area contributed by atoms with Gasteiger partial charge >= 0.3 is 6.03 Å². The van der Waals surface area contributed by atoms with Gasteiger partial charge < -0.3 is 20.5 Å². The Labute approximate surface area is 133 Å². The highest BCUT2D eigenvalue weighted by Gasteiger charge is 2.30. The van der Waals surface area contributed by atoms with Crippen LogP contribution in [0, 0.1) is 5.82 Å². The molecule has 2 amide bonds. The molecule has 0 spiro atoms. The summed E-state index contributed by atoms with van der Waals surface area (Å²) in [4.78, 5) is 11.7. The number of nitrogens with one attached hydrogen (secondary N) is 2. The van der Waals surface area contributed by atoms with Crippen LogP contribution in [0.3, 0.4) is 0 Å². The Morgan fingerprint density at radius 2 is 2.32 bits per heavy atom. The minimum absolute atomic E-state index is 0.00791. The van der Waals surface area contributed by atoms with Gasteiger partial charge in [0.05, 0.1) is 16.7 Å². The molecule has 2 rings (SSSR count). The smallest absolute Gasteiger partial charge is 0.314 e. The predicted octanol–water partition coefficient (Wildman–Crippen LogP) is 2.38. The zero-order valence-corrected chi connectivity index (χ0v) is 13.1. The van der Waals surface area contributed by atoms with E-state index >= 15 is 0 Å². The summed E-state index contributed by atoms with van der Waals surface area (Å²) in [6.07, 6.45) is 0.886. The van der Waals surface area contributed by atoms with E-state index in [-0.39, 0.29) is 17.2 Å². The number of rotatable bonds is 5. The molecule has 1 fully saturated rings. The number of carbonyl (C=O) groups is 1. The average Bonchev–Trinajstić information content (AvgIpc) is 2.93. The van der Waals surface area contributed by atoms with Gasteiger partial charge in [-0.3, -0.25) is 0 Å². The van der Waals surface area contributed by atoms with Gasteiger partial charge in [-0.2, -0.15) is 0 Å². The normalized spacial score (nSPS) is 22.4. The predicted molar refractivity (Wildman–Crippen MR) is 81.4 cm³/mol. The fraction of sp³-hybridized carbons (Fsp3) is 0.533. The van der Waals surface area contributed by atoms with Crippen molar-refractivity contribution in [2.75, 3.05) is 19.7 Å². The summed E-state index contributed by atoms with van der Waals surface area (Å²) >= 11 is 5.58. The highest BCUT2D eigenvalue weighted by molar-refractivity contribution is 6.30. The number of halogens is 2. The molecule has 0 aromatic heterocycles. The number of carbonyl (C=O) groups excluding carboxylic acids is 1. The molecule has 0 saturated carbocycles. The Balaban J connectivity index is 1.76. The van der Waals surface area contributed by atoms with Crippen molar-refractivity contribution < 1.29 is 19.0 Å². The summed E-state index contributed by atoms with van der Waals surface area (Å²) in [5.74, 6) is -0.603. The molecule has 7 heteroatoms. The third kappa shape index (κ3) is 4.56. The van der Waals surface area contributed by atoms with Gasteiger partial charge in [-0.15, -0.1) is 0 Å². The third-order valence-corrected chi connectivity index (χ3v) is 4.01. The first-order chi connectivity index (χ1) is 10.4. The van der Waals surface area contributed by atoms with Crippen LogP contribution in [0.4, 0.5) is 9.18 Å². The maximum absolute atomic E-state index is 13.3. The van der Waals surface area contributed by atoms with Gasteiger partial charge in [0.2, 0.25) is 0 Å². The third-order valence-electron chi connectivity index (χ3n) is 3.71. The van der Waals surface area contributed by atoms with E-state index < -0.39 is 18.0 Å². The molecule has 5 nitrogen and oxygen atoms in total. The van der Waals surface area contributed by atoms with Crippen molar-refractivity contribution in [3.63, 3.8) is 0 Å². The van der Waals surface area contributed by atoms with Gasteiger partial charge in [-0.1, -0.05) is 17.7 Å². The van der Waals surface area contributed by atoms with E-state index in [9.17, 15) is 14.3 Å². The molecule has 1 aromatic rings. The van der Waals surface area contributed by atoms with Crippen LogP contribution < -0.4 is 10.6 Å². The molecule has 0 bridgehead atoms. The molecule has 1 saturated heterocycles. The molecule has 0 aliphatic carbocycles. The molecule has 1 heterocycles. The Kier molecular flexibility index (Phi) is 5.61. The largest absolute Gasteiger partial charge is 0.387 e. The molecular formula is C15H20ClFN2O3. The Bertz CT molecular complexity index is 536. The summed E-state index contributed by atoms with van der Waals surface area (Å²) in [6, 6.07) is 3.64. The van der Waals surface area contributed by atoms with Crippen LogP contribution in [0.2, 0.25) is 5.02 Å². The summed E-state index contributed by atoms with van der Waals surface area (Å²) in [7, 11) is 0. The SMILES string of the molecule is C[C@@]1(CNC(=O)NC[C@@H](O)c2ccc(Cl)c(F)c2)CCCO1. The molecule has 1 aromatic carbocycles. The highest BCUT2D eigenvalue weighted by atomic mass is 35.5. The zero-order chi connectivity index (χ0) is 16.2. The van der Waals surface area contributed by atoms with Gasteiger partial charge in [-0.05, 0) is 37.5 Å². The van der Waals surface area contributed by atoms with Crippen LogP contribution in [0.25, 0.3) is 0 Å². The summed E-state index contributed by atoms with van der Waals surface area (Å²) in [5, 5.41) is 15.2. The van der Waals surface area contributed by atoms with E-state index in [4.69, 9.17) is 16.3 Å². The van der Waals surface area contributed by atoms with Gasteiger partial charge in [0.25, 0.3) is 0 Å². The van der Waals surface area contributed by atoms with Gasteiger partial charge in [0.15, 0.2) is 0 Å². The second-order valence-electron chi connectivity index (χ2n) is 5.65. The first kappa shape index (κ1) is 17.0. The molecule has 0 radical (unpaired) electrons. The fourth-order valence-electron chi connectivity index (χ4n) is 2.33. The minimum atomic E-state index is -1.00. The number of aliphatic hydroxyl groups is 1. The first-order valence-corrected chi connectivity index (χ1v) is 7.56. The van der Waals surface area contributed by atoms with E-state index in [0.717, 1.165) is 18.9 Å². The molecule has 1 aliphatic heterocycles. The van der Waals surface area contributed by atoms with E-state index in [1.54, 1.807) is 0 Å². The van der Waals surface area contributed by atoms with Crippen LogP contribution >= 0.6 is 11.6 Å². The van der Waals surface area contributed by atoms with Crippen LogP contribution in [-0.4, -0.2) is 36.4 Å². The number of aliphatic hydroxyl groups excluding tert-OH is 1. The highest BCUT2D eigenvalue weighted by Crippen LogP contribution is 2.24. The summed E-state index contributed by atoms with van der Waals surface area (Å²) < 4.78 is 18.9. The lowest BCUT2D eigenvalue weighted by molar-refractivity contribution is 0.0228. The maximum atomic E-state index is 13.3. The number of hydrogen-bond donors (Lipinski definition) is 3. The zero-order valence-electron chi connectivity index (χ0n) is 12.4. The lowest BCUT2D eigenvalue weighted by atomic mass is 10.0. The number of ether oxygens (including phenoxy) is 1. The lowest BCUT2D eigenvalue weighted by Crippen LogP contribution is -2.45. The van der Waals surface area contributed by atoms with Crippen molar-refractivity contribution >= 4 is 17.6 Å². The van der Waals surface area contributed by atoms with Crippen molar-refractivity contribution in [3.05, 3.63) is 34.6 Å². The van der Waals surface area contributed by atoms with Crippen LogP contribution in [-0.2, 0) is 4.74 Å². The molecule has 3 N–H and O–H groups in total. The fourth-order valence-corrected chi connectivity index (χ4v) is 2.45. The van der Waals surface area contributed by atoms with Gasteiger partial charge in [-0.25, -0.2) is 9.18 Å². The van der Waals surface area contributed by atoms with Gasteiger partial charge in [0, 0.05) is 19.7 Å². The molecule has 122 valence electrons. The molecular weight excluding hydrogens is 311 g/mol. The van der Waals surface area contributed by atoms with Crippen molar-refractivity contribution in [2.24, 2.45) is 0 Å². The van der Waals surface area contributed by atoms with E-state index in [2.05, 4.69) is 10.6 Å². The molecule has 0 unspecified atom stereocenters. The van der Waals surface area contributed by atoms with Crippen LogP contribution in [0.1, 0.15) is 31.4 Å². The molecule has 1 aliphatic rings. The van der Waals surface area contributed by atoms with Crippen molar-refractivity contribution in [2.45, 2.75) is 31.5 Å². The monoisotopic (exact) mass is 330 g/mol. The average molecular weight is 331 g/mol. The summed E-state index contributed by atoms with van der Waals surface area (Å²) in [6.45, 7) is 3.04. The maximum Gasteiger partial charge on any atom is 0.314 e. The minimum Gasteiger partial charge on any atom is -0.387 e. The second kappa shape index (κ2) is 7.26. The Hall–Kier alpha value is -1.37. The molecule has 2 atom stereocenters. The number of benzene rings is 1. The van der Waals surface area contributed by atoms with Crippen LogP contribution in [0.5, 0.6) is 0 Å². The lowest BCUT2D eigenvalue weighted by Gasteiger charge is -2.23. The topological polar surface area (TPSA) is 70.6 Å². The van der Waals surface area contributed by atoms with E-state index in [0.29, 0.717) is 18.7 Å². The van der Waals surface area contributed by atoms with Crippen molar-refractivity contribution in [1.82, 2.24) is 10.6 Å². The standard InChI is InChI=1S/C15H20ClFN2O3/c1-15(5-2-6-22-15)9-19-14(21)18-8-13(20)10-3-4-11(16)12(17)7-10/h3-4,7,13,20H,2,5-6,8-9H2,1H3,(H2,18,19,21)/t13-,15+/m1/s1. The van der Waals surface area contributed by atoms with E-state index in [1.807, 2.05) is 6.92 Å². The van der Waals surface area contributed by atoms with Gasteiger partial charge in [0.1, 0.15) is 5.82 Å². The van der Waals surface area contributed by atoms with Crippen LogP contribution in [0.15, 0.2) is 18.2 Å².